The summed E-state index contributed by atoms with van der Waals surface area (Å²) in [5.41, 5.74) is 0.135. The van der Waals surface area contributed by atoms with Crippen LogP contribution in [0, 0.1) is 0 Å². The lowest BCUT2D eigenvalue weighted by molar-refractivity contribution is -0.0966. The first-order valence-corrected chi connectivity index (χ1v) is 7.07. The second-order valence-electron chi connectivity index (χ2n) is 5.42. The van der Waals surface area contributed by atoms with E-state index in [1.165, 1.54) is 0 Å². The Kier molecular flexibility index (Phi) is 3.33. The summed E-state index contributed by atoms with van der Waals surface area (Å²) in [5, 5.41) is 0.782. The Morgan fingerprint density at radius 1 is 1.48 bits per heavy atom. The van der Waals surface area contributed by atoms with Crippen molar-refractivity contribution in [2.24, 2.45) is 0 Å². The van der Waals surface area contributed by atoms with Crippen LogP contribution in [0.4, 0.5) is 0 Å². The van der Waals surface area contributed by atoms with E-state index in [-0.39, 0.29) is 5.63 Å². The molecule has 110 valence electrons. The smallest absolute Gasteiger partial charge is 0.344 e. The first-order valence-electron chi connectivity index (χ1n) is 7.07. The zero-order valence-electron chi connectivity index (χ0n) is 12.2. The second kappa shape index (κ2) is 5.04. The zero-order valence-corrected chi connectivity index (χ0v) is 12.2. The third-order valence-corrected chi connectivity index (χ3v) is 3.98. The molecule has 1 aliphatic rings. The number of fused-ring (bicyclic) bond motifs is 3. The fourth-order valence-corrected chi connectivity index (χ4v) is 2.82. The van der Waals surface area contributed by atoms with E-state index in [1.54, 1.807) is 12.1 Å². The quantitative estimate of drug-likeness (QED) is 0.641. The Morgan fingerprint density at radius 3 is 2.95 bits per heavy atom. The van der Waals surface area contributed by atoms with Crippen molar-refractivity contribution in [1.82, 2.24) is 0 Å². The van der Waals surface area contributed by atoms with E-state index in [1.807, 2.05) is 32.0 Å². The lowest BCUT2D eigenvalue weighted by atomic mass is 9.78. The number of benzene rings is 1. The molecule has 4 heteroatoms. The van der Waals surface area contributed by atoms with Crippen LogP contribution in [0.3, 0.4) is 0 Å². The van der Waals surface area contributed by atoms with Crippen LogP contribution in [0.15, 0.2) is 46.1 Å². The highest BCUT2D eigenvalue weighted by Crippen LogP contribution is 2.43. The number of ether oxygens (including phenoxy) is 2. The molecular weight excluding hydrogens is 268 g/mol. The van der Waals surface area contributed by atoms with Crippen molar-refractivity contribution in [2.75, 3.05) is 6.61 Å². The fourth-order valence-electron chi connectivity index (χ4n) is 2.82. The van der Waals surface area contributed by atoms with Gasteiger partial charge >= 0.3 is 5.63 Å². The fraction of sp³-hybridized carbons (Fsp3) is 0.353. The van der Waals surface area contributed by atoms with Crippen LogP contribution in [0.5, 0.6) is 5.75 Å². The summed E-state index contributed by atoms with van der Waals surface area (Å²) in [6.07, 6.45) is 1.92. The molecule has 4 nitrogen and oxygen atoms in total. The van der Waals surface area contributed by atoms with Gasteiger partial charge < -0.3 is 13.9 Å². The van der Waals surface area contributed by atoms with Gasteiger partial charge in [-0.25, -0.2) is 4.79 Å². The maximum absolute atomic E-state index is 12.4. The van der Waals surface area contributed by atoms with E-state index >= 15 is 0 Å². The minimum absolute atomic E-state index is 0.374. The predicted octanol–water partition coefficient (Wildman–Crippen LogP) is 3.38. The number of hydrogen-bond donors (Lipinski definition) is 0. The summed E-state index contributed by atoms with van der Waals surface area (Å²) >= 11 is 0. The average Bonchev–Trinajstić information content (AvgIpc) is 2.47. The highest BCUT2D eigenvalue weighted by atomic mass is 16.7. The van der Waals surface area contributed by atoms with Crippen LogP contribution in [-0.2, 0) is 10.2 Å². The Balaban J connectivity index is 2.30. The lowest BCUT2D eigenvalue weighted by Crippen LogP contribution is -2.40. The minimum Gasteiger partial charge on any atom is -0.464 e. The van der Waals surface area contributed by atoms with E-state index in [0.717, 1.165) is 5.39 Å². The molecule has 1 aromatic carbocycles. The van der Waals surface area contributed by atoms with E-state index in [4.69, 9.17) is 13.9 Å². The van der Waals surface area contributed by atoms with Crippen molar-refractivity contribution in [1.29, 1.82) is 0 Å². The van der Waals surface area contributed by atoms with Gasteiger partial charge in [0, 0.05) is 18.4 Å². The van der Waals surface area contributed by atoms with Crippen LogP contribution in [-0.4, -0.2) is 12.9 Å². The van der Waals surface area contributed by atoms with Gasteiger partial charge in [0.05, 0.1) is 10.9 Å². The van der Waals surface area contributed by atoms with E-state index in [0.29, 0.717) is 29.9 Å². The molecule has 0 unspecified atom stereocenters. The Morgan fingerprint density at radius 2 is 2.24 bits per heavy atom. The van der Waals surface area contributed by atoms with Gasteiger partial charge in [0.2, 0.25) is 6.29 Å². The minimum atomic E-state index is -0.530. The van der Waals surface area contributed by atoms with Gasteiger partial charge in [-0.1, -0.05) is 25.1 Å². The molecular formula is C17H18O4. The predicted molar refractivity (Wildman–Crippen MR) is 80.7 cm³/mol. The zero-order chi connectivity index (χ0) is 15.0. The van der Waals surface area contributed by atoms with Crippen molar-refractivity contribution < 1.29 is 13.9 Å². The van der Waals surface area contributed by atoms with Gasteiger partial charge in [0.1, 0.15) is 11.3 Å². The number of hydrogen-bond acceptors (Lipinski definition) is 4. The van der Waals surface area contributed by atoms with Gasteiger partial charge in [-0.2, -0.15) is 0 Å². The Hall–Kier alpha value is -2.07. The first-order chi connectivity index (χ1) is 10.1. The SMILES string of the molecule is C=C[C@]1(C)C[C@H](OCC)Oc2c1c(=O)oc1ccccc21. The van der Waals surface area contributed by atoms with Crippen molar-refractivity contribution in [3.05, 3.63) is 52.9 Å². The number of para-hydroxylation sites is 1. The van der Waals surface area contributed by atoms with E-state index < -0.39 is 11.7 Å². The molecule has 0 amide bonds. The van der Waals surface area contributed by atoms with Crippen molar-refractivity contribution in [2.45, 2.75) is 32.0 Å². The molecule has 0 fully saturated rings. The van der Waals surface area contributed by atoms with Crippen molar-refractivity contribution in [3.63, 3.8) is 0 Å². The van der Waals surface area contributed by atoms with Crippen LogP contribution < -0.4 is 10.4 Å². The molecule has 0 aliphatic carbocycles. The molecule has 0 spiro atoms. The van der Waals surface area contributed by atoms with Crippen LogP contribution in [0.25, 0.3) is 11.0 Å². The first kappa shape index (κ1) is 13.9. The molecule has 0 saturated carbocycles. The summed E-state index contributed by atoms with van der Waals surface area (Å²) < 4.78 is 17.0. The van der Waals surface area contributed by atoms with E-state index in [2.05, 4.69) is 6.58 Å². The van der Waals surface area contributed by atoms with Gasteiger partial charge in [-0.15, -0.1) is 6.58 Å². The van der Waals surface area contributed by atoms with Gasteiger partial charge in [0.15, 0.2) is 0 Å². The molecule has 2 atom stereocenters. The molecule has 0 saturated heterocycles. The van der Waals surface area contributed by atoms with Gasteiger partial charge in [-0.3, -0.25) is 0 Å². The molecule has 0 radical (unpaired) electrons. The monoisotopic (exact) mass is 286 g/mol. The Bertz CT molecular complexity index is 746. The summed E-state index contributed by atoms with van der Waals surface area (Å²) in [4.78, 5) is 12.4. The maximum atomic E-state index is 12.4. The van der Waals surface area contributed by atoms with E-state index in [9.17, 15) is 4.79 Å². The normalized spacial score (nSPS) is 24.4. The van der Waals surface area contributed by atoms with Crippen LogP contribution in [0.2, 0.25) is 0 Å². The molecule has 1 aliphatic heterocycles. The second-order valence-corrected chi connectivity index (χ2v) is 5.42. The third kappa shape index (κ3) is 2.16. The molecule has 3 rings (SSSR count). The number of rotatable bonds is 3. The maximum Gasteiger partial charge on any atom is 0.344 e. The lowest BCUT2D eigenvalue weighted by Gasteiger charge is -2.36. The largest absolute Gasteiger partial charge is 0.464 e. The molecule has 0 bridgehead atoms. The van der Waals surface area contributed by atoms with Crippen molar-refractivity contribution >= 4 is 11.0 Å². The molecule has 0 N–H and O–H groups in total. The molecule has 2 heterocycles. The van der Waals surface area contributed by atoms with Crippen LogP contribution in [0.1, 0.15) is 25.8 Å². The van der Waals surface area contributed by atoms with Gasteiger partial charge in [0.25, 0.3) is 0 Å². The van der Waals surface area contributed by atoms with Gasteiger partial charge in [-0.05, 0) is 19.1 Å². The molecule has 1 aromatic heterocycles. The average molecular weight is 286 g/mol. The third-order valence-electron chi connectivity index (χ3n) is 3.98. The molecule has 21 heavy (non-hydrogen) atoms. The topological polar surface area (TPSA) is 48.7 Å². The highest BCUT2D eigenvalue weighted by Gasteiger charge is 2.40. The summed E-state index contributed by atoms with van der Waals surface area (Å²) in [7, 11) is 0. The highest BCUT2D eigenvalue weighted by molar-refractivity contribution is 5.85. The summed E-state index contributed by atoms with van der Waals surface area (Å²) in [5.74, 6) is 0.550. The van der Waals surface area contributed by atoms with Crippen LogP contribution >= 0.6 is 0 Å². The summed E-state index contributed by atoms with van der Waals surface area (Å²) in [6.45, 7) is 8.30. The Labute approximate surface area is 123 Å². The standard InChI is InChI=1S/C17H18O4/c1-4-17(3)10-13(19-5-2)21-15-11-8-6-7-9-12(11)20-16(18)14(15)17/h4,6-9,13H,1,5,10H2,2-3H3/t13-,17-/m1/s1. The molecule has 2 aromatic rings. The number of allylic oxidation sites excluding steroid dienone is 1. The van der Waals surface area contributed by atoms with Crippen molar-refractivity contribution in [3.8, 4) is 5.75 Å². The summed E-state index contributed by atoms with van der Waals surface area (Å²) in [6, 6.07) is 7.36.